The highest BCUT2D eigenvalue weighted by molar-refractivity contribution is 8.00. The number of amides is 2. The lowest BCUT2D eigenvalue weighted by atomic mass is 10.1. The van der Waals surface area contributed by atoms with E-state index in [0.717, 1.165) is 10.5 Å². The molecule has 0 aliphatic heterocycles. The van der Waals surface area contributed by atoms with Crippen molar-refractivity contribution in [2.24, 2.45) is 0 Å². The van der Waals surface area contributed by atoms with Gasteiger partial charge in [0.2, 0.25) is 5.91 Å². The van der Waals surface area contributed by atoms with Gasteiger partial charge < -0.3 is 24.8 Å². The van der Waals surface area contributed by atoms with Crippen LogP contribution >= 0.6 is 23.4 Å². The third-order valence-corrected chi connectivity index (χ3v) is 7.30. The highest BCUT2D eigenvalue weighted by atomic mass is 35.5. The fourth-order valence-electron chi connectivity index (χ4n) is 3.90. The maximum atomic E-state index is 13.5. The van der Waals surface area contributed by atoms with Crippen LogP contribution in [-0.4, -0.2) is 33.1 Å². The Hall–Kier alpha value is -4.14. The molecular weight excluding hydrogens is 536 g/mol. The summed E-state index contributed by atoms with van der Waals surface area (Å²) >= 11 is 7.61. The lowest BCUT2D eigenvalue weighted by Crippen LogP contribution is -2.19. The Morgan fingerprint density at radius 3 is 2.00 bits per heavy atom. The van der Waals surface area contributed by atoms with Gasteiger partial charge in [0.1, 0.15) is 28.1 Å². The van der Waals surface area contributed by atoms with Crippen LogP contribution in [0.15, 0.2) is 95.9 Å². The molecule has 0 bridgehead atoms. The summed E-state index contributed by atoms with van der Waals surface area (Å²) in [7, 11) is 4.53. The lowest BCUT2D eigenvalue weighted by Gasteiger charge is -2.18. The first-order valence-electron chi connectivity index (χ1n) is 11.9. The maximum Gasteiger partial charge on any atom is 0.263 e. The molecule has 0 aliphatic rings. The van der Waals surface area contributed by atoms with Crippen molar-refractivity contribution in [2.75, 3.05) is 32.0 Å². The van der Waals surface area contributed by atoms with E-state index < -0.39 is 5.25 Å². The number of nitrogens with one attached hydrogen (secondary N) is 2. The van der Waals surface area contributed by atoms with Gasteiger partial charge in [-0.1, -0.05) is 54.1 Å². The van der Waals surface area contributed by atoms with Gasteiger partial charge in [-0.3, -0.25) is 9.59 Å². The van der Waals surface area contributed by atoms with Crippen LogP contribution in [0, 0.1) is 0 Å². The van der Waals surface area contributed by atoms with E-state index >= 15 is 0 Å². The van der Waals surface area contributed by atoms with E-state index in [0.29, 0.717) is 39.2 Å². The average molecular weight is 563 g/mol. The first-order valence-corrected chi connectivity index (χ1v) is 13.2. The molecule has 7 nitrogen and oxygen atoms in total. The van der Waals surface area contributed by atoms with Crippen molar-refractivity contribution in [2.45, 2.75) is 10.1 Å². The molecule has 0 fully saturated rings. The van der Waals surface area contributed by atoms with Crippen molar-refractivity contribution < 1.29 is 23.8 Å². The standard InChI is InChI=1S/C30H27ClN2O5S/c1-36-24-16-15-21(18-23(24)31)33-30(35)28(19-9-5-4-6-10-19)39-22-12-7-11-20(17-22)32-29(34)27-25(37-2)13-8-14-26(27)38-3/h4-18,28H,1-3H3,(H,32,34)(H,33,35). The molecule has 4 aromatic rings. The molecule has 9 heteroatoms. The van der Waals surface area contributed by atoms with Gasteiger partial charge in [-0.25, -0.2) is 0 Å². The number of halogens is 1. The number of methoxy groups -OCH3 is 3. The fourth-order valence-corrected chi connectivity index (χ4v) is 5.25. The van der Waals surface area contributed by atoms with Crippen LogP contribution in [0.5, 0.6) is 17.2 Å². The zero-order chi connectivity index (χ0) is 27.8. The monoisotopic (exact) mass is 562 g/mol. The Labute approximate surface area is 236 Å². The second-order valence-corrected chi connectivity index (χ2v) is 9.85. The number of carbonyl (C=O) groups excluding carboxylic acids is 2. The zero-order valence-electron chi connectivity index (χ0n) is 21.6. The smallest absolute Gasteiger partial charge is 0.263 e. The first-order chi connectivity index (χ1) is 18.9. The SMILES string of the molecule is COc1ccc(NC(=O)C(Sc2cccc(NC(=O)c3c(OC)cccc3OC)c2)c2ccccc2)cc1Cl. The fraction of sp³-hybridized carbons (Fsp3) is 0.133. The minimum atomic E-state index is -0.577. The topological polar surface area (TPSA) is 85.9 Å². The second-order valence-electron chi connectivity index (χ2n) is 8.27. The van der Waals surface area contributed by atoms with Crippen molar-refractivity contribution in [3.05, 3.63) is 107 Å². The van der Waals surface area contributed by atoms with E-state index in [2.05, 4.69) is 10.6 Å². The third kappa shape index (κ3) is 6.85. The molecule has 0 spiro atoms. The van der Waals surface area contributed by atoms with Gasteiger partial charge in [0.25, 0.3) is 5.91 Å². The number of thioether (sulfide) groups is 1. The summed E-state index contributed by atoms with van der Waals surface area (Å²) in [5, 5.41) is 5.68. The van der Waals surface area contributed by atoms with Gasteiger partial charge in [0.05, 0.1) is 26.4 Å². The van der Waals surface area contributed by atoms with Crippen LogP contribution in [-0.2, 0) is 4.79 Å². The van der Waals surface area contributed by atoms with Crippen molar-refractivity contribution in [1.29, 1.82) is 0 Å². The Balaban J connectivity index is 1.57. The molecule has 0 aromatic heterocycles. The minimum Gasteiger partial charge on any atom is -0.496 e. The summed E-state index contributed by atoms with van der Waals surface area (Å²) < 4.78 is 15.9. The van der Waals surface area contributed by atoms with Crippen molar-refractivity contribution in [3.63, 3.8) is 0 Å². The number of benzene rings is 4. The van der Waals surface area contributed by atoms with E-state index in [9.17, 15) is 9.59 Å². The van der Waals surface area contributed by atoms with Crippen LogP contribution in [0.25, 0.3) is 0 Å². The highest BCUT2D eigenvalue weighted by Crippen LogP contribution is 2.38. The van der Waals surface area contributed by atoms with Gasteiger partial charge in [-0.15, -0.1) is 11.8 Å². The van der Waals surface area contributed by atoms with Crippen LogP contribution in [0.3, 0.4) is 0 Å². The molecule has 0 heterocycles. The molecule has 1 unspecified atom stereocenters. The van der Waals surface area contributed by atoms with Crippen LogP contribution < -0.4 is 24.8 Å². The van der Waals surface area contributed by atoms with Gasteiger partial charge in [0.15, 0.2) is 0 Å². The van der Waals surface area contributed by atoms with Gasteiger partial charge in [0, 0.05) is 16.3 Å². The van der Waals surface area contributed by atoms with E-state index in [-0.39, 0.29) is 11.8 Å². The molecule has 4 aromatic carbocycles. The number of carbonyl (C=O) groups is 2. The first kappa shape index (κ1) is 27.9. The highest BCUT2D eigenvalue weighted by Gasteiger charge is 2.23. The minimum absolute atomic E-state index is 0.222. The molecule has 39 heavy (non-hydrogen) atoms. The molecular formula is C30H27ClN2O5S. The van der Waals surface area contributed by atoms with Crippen LogP contribution in [0.4, 0.5) is 11.4 Å². The van der Waals surface area contributed by atoms with Crippen LogP contribution in [0.1, 0.15) is 21.2 Å². The van der Waals surface area contributed by atoms with Crippen molar-refractivity contribution in [1.82, 2.24) is 0 Å². The number of hydrogen-bond donors (Lipinski definition) is 2. The summed E-state index contributed by atoms with van der Waals surface area (Å²) in [6.07, 6.45) is 0. The van der Waals surface area contributed by atoms with Gasteiger partial charge >= 0.3 is 0 Å². The number of ether oxygens (including phenoxy) is 3. The maximum absolute atomic E-state index is 13.5. The van der Waals surface area contributed by atoms with Crippen molar-refractivity contribution in [3.8, 4) is 17.2 Å². The van der Waals surface area contributed by atoms with Crippen LogP contribution in [0.2, 0.25) is 5.02 Å². The lowest BCUT2D eigenvalue weighted by molar-refractivity contribution is -0.115. The van der Waals surface area contributed by atoms with E-state index in [4.69, 9.17) is 25.8 Å². The predicted octanol–water partition coefficient (Wildman–Crippen LogP) is 7.09. The van der Waals surface area contributed by atoms with Crippen molar-refractivity contribution >= 4 is 46.6 Å². The molecule has 1 atom stereocenters. The zero-order valence-corrected chi connectivity index (χ0v) is 23.1. The molecule has 0 saturated carbocycles. The van der Waals surface area contributed by atoms with Gasteiger partial charge in [-0.2, -0.15) is 0 Å². The Bertz CT molecular complexity index is 1440. The Morgan fingerprint density at radius 2 is 1.36 bits per heavy atom. The Kier molecular flexibility index (Phi) is 9.35. The molecule has 2 N–H and O–H groups in total. The molecule has 0 aliphatic carbocycles. The van der Waals surface area contributed by atoms with E-state index in [1.54, 1.807) is 42.5 Å². The van der Waals surface area contributed by atoms with E-state index in [1.807, 2.05) is 48.5 Å². The summed E-state index contributed by atoms with van der Waals surface area (Å²) in [6, 6.07) is 27.0. The number of rotatable bonds is 10. The summed E-state index contributed by atoms with van der Waals surface area (Å²) in [6.45, 7) is 0. The summed E-state index contributed by atoms with van der Waals surface area (Å²) in [4.78, 5) is 27.4. The Morgan fingerprint density at radius 1 is 0.718 bits per heavy atom. The number of anilines is 2. The second kappa shape index (κ2) is 13.1. The van der Waals surface area contributed by atoms with E-state index in [1.165, 1.54) is 33.1 Å². The molecule has 0 saturated heterocycles. The molecule has 200 valence electrons. The predicted molar refractivity (Wildman–Crippen MR) is 156 cm³/mol. The summed E-state index contributed by atoms with van der Waals surface area (Å²) in [5.74, 6) is 0.725. The largest absolute Gasteiger partial charge is 0.496 e. The quantitative estimate of drug-likeness (QED) is 0.201. The average Bonchev–Trinajstić information content (AvgIpc) is 2.96. The number of hydrogen-bond acceptors (Lipinski definition) is 6. The molecule has 4 rings (SSSR count). The third-order valence-electron chi connectivity index (χ3n) is 5.76. The molecule has 0 radical (unpaired) electrons. The van der Waals surface area contributed by atoms with Gasteiger partial charge in [-0.05, 0) is 54.1 Å². The molecule has 2 amide bonds. The summed E-state index contributed by atoms with van der Waals surface area (Å²) in [5.41, 5.74) is 2.24. The normalized spacial score (nSPS) is 11.3.